The van der Waals surface area contributed by atoms with Crippen molar-refractivity contribution < 1.29 is 0 Å². The lowest BCUT2D eigenvalue weighted by atomic mass is 9.91. The van der Waals surface area contributed by atoms with Crippen LogP contribution in [0.25, 0.3) is 0 Å². The van der Waals surface area contributed by atoms with E-state index < -0.39 is 0 Å². The number of hydrogen-bond donors (Lipinski definition) is 3. The van der Waals surface area contributed by atoms with Crippen molar-refractivity contribution >= 4 is 5.96 Å². The summed E-state index contributed by atoms with van der Waals surface area (Å²) in [7, 11) is 1.83. The molecule has 0 saturated heterocycles. The molecule has 0 aliphatic heterocycles. The SMILES string of the molecule is CC(C)/N=C(\N[C@H]1CC[C@H](NC(C)C)CC1)N(C)N. The smallest absolute Gasteiger partial charge is 0.208 e. The van der Waals surface area contributed by atoms with Crippen molar-refractivity contribution in [2.75, 3.05) is 7.05 Å². The summed E-state index contributed by atoms with van der Waals surface area (Å²) in [5.41, 5.74) is 0. The molecule has 112 valence electrons. The van der Waals surface area contributed by atoms with E-state index in [9.17, 15) is 0 Å². The highest BCUT2D eigenvalue weighted by molar-refractivity contribution is 5.79. The molecule has 1 saturated carbocycles. The topological polar surface area (TPSA) is 65.7 Å². The van der Waals surface area contributed by atoms with Gasteiger partial charge in [0.15, 0.2) is 0 Å². The molecule has 5 heteroatoms. The van der Waals surface area contributed by atoms with Gasteiger partial charge in [-0.15, -0.1) is 0 Å². The summed E-state index contributed by atoms with van der Waals surface area (Å²) in [6, 6.07) is 1.99. The highest BCUT2D eigenvalue weighted by Gasteiger charge is 2.22. The first-order chi connectivity index (χ1) is 8.88. The molecule has 0 radical (unpaired) electrons. The predicted molar refractivity (Wildman–Crippen MR) is 82.0 cm³/mol. The van der Waals surface area contributed by atoms with Gasteiger partial charge in [0.05, 0.1) is 0 Å². The molecule has 0 atom stereocenters. The molecule has 1 aliphatic carbocycles. The van der Waals surface area contributed by atoms with E-state index >= 15 is 0 Å². The fraction of sp³-hybridized carbons (Fsp3) is 0.929. The third-order valence-corrected chi connectivity index (χ3v) is 3.34. The Balaban J connectivity index is 2.43. The molecular formula is C14H31N5. The number of hydrogen-bond acceptors (Lipinski definition) is 3. The van der Waals surface area contributed by atoms with Crippen molar-refractivity contribution in [3.05, 3.63) is 0 Å². The van der Waals surface area contributed by atoms with Crippen molar-refractivity contribution in [2.45, 2.75) is 77.5 Å². The molecule has 0 unspecified atom stereocenters. The van der Waals surface area contributed by atoms with Gasteiger partial charge in [-0.2, -0.15) is 0 Å². The fourth-order valence-electron chi connectivity index (χ4n) is 2.53. The largest absolute Gasteiger partial charge is 0.352 e. The summed E-state index contributed by atoms with van der Waals surface area (Å²) in [5, 5.41) is 8.68. The Labute approximate surface area is 118 Å². The lowest BCUT2D eigenvalue weighted by Crippen LogP contribution is -2.50. The second-order valence-electron chi connectivity index (χ2n) is 6.17. The zero-order valence-electron chi connectivity index (χ0n) is 13.1. The molecule has 1 fully saturated rings. The molecule has 19 heavy (non-hydrogen) atoms. The van der Waals surface area contributed by atoms with E-state index in [1.54, 1.807) is 5.01 Å². The van der Waals surface area contributed by atoms with E-state index in [-0.39, 0.29) is 6.04 Å². The lowest BCUT2D eigenvalue weighted by Gasteiger charge is -2.32. The minimum atomic E-state index is 0.257. The van der Waals surface area contributed by atoms with Crippen LogP contribution >= 0.6 is 0 Å². The first-order valence-corrected chi connectivity index (χ1v) is 7.47. The Morgan fingerprint density at radius 2 is 1.63 bits per heavy atom. The molecule has 0 aromatic rings. The van der Waals surface area contributed by atoms with Gasteiger partial charge in [0, 0.05) is 31.2 Å². The van der Waals surface area contributed by atoms with Crippen LogP contribution in [0.15, 0.2) is 4.99 Å². The summed E-state index contributed by atoms with van der Waals surface area (Å²) in [6.45, 7) is 8.55. The van der Waals surface area contributed by atoms with Gasteiger partial charge in [-0.25, -0.2) is 10.8 Å². The molecule has 0 spiro atoms. The van der Waals surface area contributed by atoms with Crippen molar-refractivity contribution in [2.24, 2.45) is 10.8 Å². The standard InChI is InChI=1S/C14H31N5/c1-10(2)16-12-6-8-13(9-7-12)18-14(19(5)15)17-11(3)4/h10-13,16H,6-9,15H2,1-5H3,(H,17,18)/t12-,13-. The molecule has 0 aromatic carbocycles. The van der Waals surface area contributed by atoms with E-state index in [4.69, 9.17) is 5.84 Å². The van der Waals surface area contributed by atoms with Crippen LogP contribution in [0.2, 0.25) is 0 Å². The van der Waals surface area contributed by atoms with Crippen molar-refractivity contribution in [3.8, 4) is 0 Å². The quantitative estimate of drug-likeness (QED) is 0.313. The Morgan fingerprint density at radius 3 is 2.05 bits per heavy atom. The van der Waals surface area contributed by atoms with Gasteiger partial charge >= 0.3 is 0 Å². The number of rotatable bonds is 4. The van der Waals surface area contributed by atoms with Gasteiger partial charge in [0.2, 0.25) is 5.96 Å². The average molecular weight is 269 g/mol. The van der Waals surface area contributed by atoms with E-state index in [2.05, 4.69) is 43.3 Å². The summed E-state index contributed by atoms with van der Waals surface area (Å²) < 4.78 is 0. The number of nitrogens with zero attached hydrogens (tertiary/aromatic N) is 2. The maximum absolute atomic E-state index is 5.82. The molecule has 0 bridgehead atoms. The van der Waals surface area contributed by atoms with Gasteiger partial charge in [-0.05, 0) is 39.5 Å². The molecule has 0 amide bonds. The van der Waals surface area contributed by atoms with Crippen LogP contribution in [-0.4, -0.2) is 42.2 Å². The number of guanidine groups is 1. The van der Waals surface area contributed by atoms with E-state index in [1.165, 1.54) is 25.7 Å². The number of hydrazine groups is 1. The van der Waals surface area contributed by atoms with Crippen LogP contribution in [0, 0.1) is 0 Å². The minimum absolute atomic E-state index is 0.257. The second-order valence-corrected chi connectivity index (χ2v) is 6.17. The van der Waals surface area contributed by atoms with Gasteiger partial charge in [-0.3, -0.25) is 5.01 Å². The average Bonchev–Trinajstić information content (AvgIpc) is 2.29. The second kappa shape index (κ2) is 7.70. The fourth-order valence-corrected chi connectivity index (χ4v) is 2.53. The zero-order chi connectivity index (χ0) is 14.4. The molecule has 1 rings (SSSR count). The molecule has 5 nitrogen and oxygen atoms in total. The van der Waals surface area contributed by atoms with Gasteiger partial charge in [0.1, 0.15) is 0 Å². The maximum atomic E-state index is 5.82. The van der Waals surface area contributed by atoms with Crippen molar-refractivity contribution in [1.29, 1.82) is 0 Å². The number of nitrogens with one attached hydrogen (secondary N) is 2. The minimum Gasteiger partial charge on any atom is -0.352 e. The van der Waals surface area contributed by atoms with Crippen LogP contribution in [0.3, 0.4) is 0 Å². The normalized spacial score (nSPS) is 24.9. The van der Waals surface area contributed by atoms with Crippen molar-refractivity contribution in [3.63, 3.8) is 0 Å². The predicted octanol–water partition coefficient (Wildman–Crippen LogP) is 1.46. The van der Waals surface area contributed by atoms with Crippen LogP contribution < -0.4 is 16.5 Å². The first-order valence-electron chi connectivity index (χ1n) is 7.47. The molecule has 0 aromatic heterocycles. The van der Waals surface area contributed by atoms with Crippen LogP contribution in [0.4, 0.5) is 0 Å². The Bertz CT molecular complexity index is 278. The molecule has 0 heterocycles. The van der Waals surface area contributed by atoms with E-state index in [0.29, 0.717) is 18.1 Å². The van der Waals surface area contributed by atoms with Crippen LogP contribution in [0.1, 0.15) is 53.4 Å². The molecule has 1 aliphatic rings. The van der Waals surface area contributed by atoms with Gasteiger partial charge < -0.3 is 10.6 Å². The van der Waals surface area contributed by atoms with Crippen molar-refractivity contribution in [1.82, 2.24) is 15.6 Å². The third-order valence-electron chi connectivity index (χ3n) is 3.34. The van der Waals surface area contributed by atoms with Gasteiger partial charge in [-0.1, -0.05) is 13.8 Å². The molecular weight excluding hydrogens is 238 g/mol. The third kappa shape index (κ3) is 6.25. The molecule has 4 N–H and O–H groups in total. The lowest BCUT2D eigenvalue weighted by molar-refractivity contribution is 0.307. The highest BCUT2D eigenvalue weighted by atomic mass is 15.5. The Kier molecular flexibility index (Phi) is 6.58. The summed E-state index contributed by atoms with van der Waals surface area (Å²) in [6.07, 6.45) is 4.79. The number of aliphatic imine (C=N–C) groups is 1. The Morgan fingerprint density at radius 1 is 1.11 bits per heavy atom. The van der Waals surface area contributed by atoms with Crippen LogP contribution in [0.5, 0.6) is 0 Å². The summed E-state index contributed by atoms with van der Waals surface area (Å²) in [5.74, 6) is 6.62. The van der Waals surface area contributed by atoms with Crippen LogP contribution in [-0.2, 0) is 0 Å². The van der Waals surface area contributed by atoms with E-state index in [1.807, 2.05) is 7.05 Å². The number of nitrogens with two attached hydrogens (primary N) is 1. The maximum Gasteiger partial charge on any atom is 0.208 e. The monoisotopic (exact) mass is 269 g/mol. The van der Waals surface area contributed by atoms with Gasteiger partial charge in [0.25, 0.3) is 0 Å². The summed E-state index contributed by atoms with van der Waals surface area (Å²) >= 11 is 0. The zero-order valence-corrected chi connectivity index (χ0v) is 13.1. The highest BCUT2D eigenvalue weighted by Crippen LogP contribution is 2.19. The summed E-state index contributed by atoms with van der Waals surface area (Å²) in [4.78, 5) is 4.53. The van der Waals surface area contributed by atoms with E-state index in [0.717, 1.165) is 5.96 Å². The Hall–Kier alpha value is -0.810. The first kappa shape index (κ1) is 16.2.